The molecule has 0 unspecified atom stereocenters. The van der Waals surface area contributed by atoms with E-state index in [1.54, 1.807) is 24.4 Å². The Kier molecular flexibility index (Phi) is 4.59. The van der Waals surface area contributed by atoms with E-state index >= 15 is 0 Å². The van der Waals surface area contributed by atoms with E-state index in [9.17, 15) is 12.8 Å². The third-order valence-electron chi connectivity index (χ3n) is 3.73. The van der Waals surface area contributed by atoms with E-state index in [0.29, 0.717) is 21.1 Å². The maximum atomic E-state index is 14.0. The maximum absolute atomic E-state index is 14.0. The fourth-order valence-corrected chi connectivity index (χ4v) is 3.33. The number of rotatable bonds is 4. The van der Waals surface area contributed by atoms with Gasteiger partial charge in [0.05, 0.1) is 41.2 Å². The zero-order chi connectivity index (χ0) is 19.6. The van der Waals surface area contributed by atoms with Gasteiger partial charge < -0.3 is 0 Å². The molecular weight excluding hydrogens is 371 g/mol. The smallest absolute Gasteiger partial charge is 0.240 e. The van der Waals surface area contributed by atoms with Gasteiger partial charge in [-0.3, -0.25) is 0 Å². The highest BCUT2D eigenvalue weighted by Crippen LogP contribution is 2.20. The Morgan fingerprint density at radius 1 is 1.22 bits per heavy atom. The van der Waals surface area contributed by atoms with Crippen LogP contribution in [0.25, 0.3) is 5.52 Å². The van der Waals surface area contributed by atoms with E-state index < -0.39 is 20.7 Å². The Hall–Kier alpha value is -3.76. The predicted molar refractivity (Wildman–Crippen MR) is 93.6 cm³/mol. The van der Waals surface area contributed by atoms with E-state index in [1.807, 2.05) is 6.07 Å². The number of hydrazone groups is 1. The molecule has 0 radical (unpaired) electrons. The quantitative estimate of drug-likeness (QED) is 0.505. The van der Waals surface area contributed by atoms with Crippen LogP contribution in [0.1, 0.15) is 16.7 Å². The van der Waals surface area contributed by atoms with Crippen molar-refractivity contribution in [1.29, 1.82) is 10.5 Å². The van der Waals surface area contributed by atoms with Crippen molar-refractivity contribution in [2.75, 3.05) is 7.05 Å². The van der Waals surface area contributed by atoms with Crippen LogP contribution in [0.2, 0.25) is 0 Å². The van der Waals surface area contributed by atoms with Crippen LogP contribution >= 0.6 is 0 Å². The van der Waals surface area contributed by atoms with Gasteiger partial charge >= 0.3 is 0 Å². The first-order valence-corrected chi connectivity index (χ1v) is 8.91. The number of aromatic nitrogens is 2. The molecule has 0 N–H and O–H groups in total. The second-order valence-electron chi connectivity index (χ2n) is 5.40. The van der Waals surface area contributed by atoms with E-state index in [4.69, 9.17) is 10.5 Å². The predicted octanol–water partition coefficient (Wildman–Crippen LogP) is 1.87. The molecule has 0 saturated heterocycles. The Labute approximate surface area is 154 Å². The van der Waals surface area contributed by atoms with Gasteiger partial charge in [-0.05, 0) is 30.3 Å². The van der Waals surface area contributed by atoms with Crippen molar-refractivity contribution in [1.82, 2.24) is 14.0 Å². The lowest BCUT2D eigenvalue weighted by Gasteiger charge is -2.14. The largest absolute Gasteiger partial charge is 0.281 e. The summed E-state index contributed by atoms with van der Waals surface area (Å²) < 4.78 is 41.2. The summed E-state index contributed by atoms with van der Waals surface area (Å²) in [7, 11) is -3.14. The molecule has 0 fully saturated rings. The van der Waals surface area contributed by atoms with Crippen LogP contribution in [-0.4, -0.2) is 35.7 Å². The van der Waals surface area contributed by atoms with Crippen molar-refractivity contribution >= 4 is 21.8 Å². The van der Waals surface area contributed by atoms with Crippen molar-refractivity contribution < 1.29 is 12.8 Å². The number of benzene rings is 1. The number of hydrogen-bond acceptors (Lipinski definition) is 6. The highest BCUT2D eigenvalue weighted by atomic mass is 32.2. The zero-order valence-corrected chi connectivity index (χ0v) is 14.7. The van der Waals surface area contributed by atoms with Crippen LogP contribution in [0.4, 0.5) is 4.39 Å². The molecule has 0 spiro atoms. The van der Waals surface area contributed by atoms with Gasteiger partial charge in [0.1, 0.15) is 10.7 Å². The summed E-state index contributed by atoms with van der Waals surface area (Å²) in [6, 6.07) is 9.99. The van der Waals surface area contributed by atoms with E-state index in [-0.39, 0.29) is 5.56 Å². The molecule has 0 aliphatic heterocycles. The van der Waals surface area contributed by atoms with Gasteiger partial charge in [-0.25, -0.2) is 8.91 Å². The van der Waals surface area contributed by atoms with Gasteiger partial charge in [0.2, 0.25) is 0 Å². The SMILES string of the molecule is CN(/N=C\c1cnn2ccc(C#N)cc12)S(=O)(=O)c1cc(C#N)ccc1F. The molecular formula is C17H11FN6O2S. The molecule has 134 valence electrons. The summed E-state index contributed by atoms with van der Waals surface area (Å²) in [6.07, 6.45) is 4.29. The molecule has 0 atom stereocenters. The second kappa shape index (κ2) is 6.86. The van der Waals surface area contributed by atoms with E-state index in [2.05, 4.69) is 10.2 Å². The molecule has 2 aromatic heterocycles. The lowest BCUT2D eigenvalue weighted by Crippen LogP contribution is -2.23. The normalized spacial score (nSPS) is 11.4. The average Bonchev–Trinajstić information content (AvgIpc) is 3.08. The van der Waals surface area contributed by atoms with Crippen molar-refractivity contribution in [3.63, 3.8) is 0 Å². The minimum atomic E-state index is -4.29. The molecule has 3 rings (SSSR count). The number of pyridine rings is 1. The lowest BCUT2D eigenvalue weighted by atomic mass is 10.2. The number of halogens is 1. The van der Waals surface area contributed by atoms with Gasteiger partial charge in [-0.1, -0.05) is 0 Å². The number of nitriles is 2. The first kappa shape index (κ1) is 18.0. The van der Waals surface area contributed by atoms with Gasteiger partial charge in [-0.2, -0.15) is 33.6 Å². The van der Waals surface area contributed by atoms with Gasteiger partial charge in [0.15, 0.2) is 0 Å². The van der Waals surface area contributed by atoms with Crippen LogP contribution in [0.5, 0.6) is 0 Å². The van der Waals surface area contributed by atoms with Crippen LogP contribution in [-0.2, 0) is 10.0 Å². The van der Waals surface area contributed by atoms with Crippen molar-refractivity contribution in [3.8, 4) is 12.1 Å². The van der Waals surface area contributed by atoms with Crippen molar-refractivity contribution in [2.24, 2.45) is 5.10 Å². The first-order chi connectivity index (χ1) is 12.9. The molecule has 10 heteroatoms. The Morgan fingerprint density at radius 2 is 1.93 bits per heavy atom. The molecule has 0 aliphatic carbocycles. The first-order valence-electron chi connectivity index (χ1n) is 7.47. The molecule has 27 heavy (non-hydrogen) atoms. The maximum Gasteiger partial charge on any atom is 0.281 e. The fourth-order valence-electron chi connectivity index (χ4n) is 2.29. The summed E-state index contributed by atoms with van der Waals surface area (Å²) in [6.45, 7) is 0. The van der Waals surface area contributed by atoms with Gasteiger partial charge in [-0.15, -0.1) is 0 Å². The fraction of sp³-hybridized carbons (Fsp3) is 0.0588. The van der Waals surface area contributed by atoms with Gasteiger partial charge in [0.25, 0.3) is 10.0 Å². The third-order valence-corrected chi connectivity index (χ3v) is 5.38. The minimum Gasteiger partial charge on any atom is -0.240 e. The molecule has 0 aliphatic rings. The highest BCUT2D eigenvalue weighted by molar-refractivity contribution is 7.89. The zero-order valence-electron chi connectivity index (χ0n) is 13.9. The van der Waals surface area contributed by atoms with Crippen molar-refractivity contribution in [3.05, 3.63) is 65.2 Å². The molecule has 8 nitrogen and oxygen atoms in total. The van der Waals surface area contributed by atoms with Crippen LogP contribution in [0, 0.1) is 28.5 Å². The molecule has 0 saturated carbocycles. The summed E-state index contributed by atoms with van der Waals surface area (Å²) in [5.41, 5.74) is 1.45. The summed E-state index contributed by atoms with van der Waals surface area (Å²) in [5, 5.41) is 25.8. The molecule has 0 amide bonds. The minimum absolute atomic E-state index is 0.0130. The van der Waals surface area contributed by atoms with Crippen molar-refractivity contribution in [2.45, 2.75) is 4.90 Å². The molecule has 1 aromatic carbocycles. The second-order valence-corrected chi connectivity index (χ2v) is 7.32. The van der Waals surface area contributed by atoms with E-state index in [1.165, 1.54) is 23.0 Å². The molecule has 2 heterocycles. The monoisotopic (exact) mass is 382 g/mol. The summed E-state index contributed by atoms with van der Waals surface area (Å²) in [5.74, 6) is -0.981. The summed E-state index contributed by atoms with van der Waals surface area (Å²) in [4.78, 5) is -0.646. The van der Waals surface area contributed by atoms with Crippen LogP contribution < -0.4 is 0 Å². The number of fused-ring (bicyclic) bond motifs is 1. The topological polar surface area (TPSA) is 115 Å². The van der Waals surface area contributed by atoms with Crippen LogP contribution in [0.15, 0.2) is 52.7 Å². The Bertz CT molecular complexity index is 1250. The standard InChI is InChI=1S/C17H11FN6O2S/c1-23(27(25,26)17-7-12(8-19)2-3-15(17)18)21-10-14-11-22-24-5-4-13(9-20)6-16(14)24/h2-7,10-11H,1H3/b21-10-. The average molecular weight is 382 g/mol. The highest BCUT2D eigenvalue weighted by Gasteiger charge is 2.24. The Balaban J connectivity index is 1.96. The number of hydrogen-bond donors (Lipinski definition) is 0. The molecule has 0 bridgehead atoms. The third kappa shape index (κ3) is 3.34. The summed E-state index contributed by atoms with van der Waals surface area (Å²) >= 11 is 0. The number of nitrogens with zero attached hydrogens (tertiary/aromatic N) is 6. The number of sulfonamides is 1. The van der Waals surface area contributed by atoms with Crippen LogP contribution in [0.3, 0.4) is 0 Å². The molecule has 3 aromatic rings. The van der Waals surface area contributed by atoms with Gasteiger partial charge in [0, 0.05) is 18.8 Å². The Morgan fingerprint density at radius 3 is 2.63 bits per heavy atom. The van der Waals surface area contributed by atoms with E-state index in [0.717, 1.165) is 19.2 Å². The lowest BCUT2D eigenvalue weighted by molar-refractivity contribution is 0.482.